The van der Waals surface area contributed by atoms with Gasteiger partial charge in [-0.1, -0.05) is 168 Å². The second-order valence-corrected chi connectivity index (χ2v) is 16.9. The molecular formula is C51H64N4O6. The Bertz CT molecular complexity index is 2090. The van der Waals surface area contributed by atoms with Crippen LogP contribution in [0.15, 0.2) is 90.1 Å². The summed E-state index contributed by atoms with van der Waals surface area (Å²) in [6.45, 7) is 8.45. The first-order valence-corrected chi connectivity index (χ1v) is 22.2. The summed E-state index contributed by atoms with van der Waals surface area (Å²) in [6, 6.07) is 23.3. The number of carbonyl (C=O) groups is 3. The number of carbonyl (C=O) groups excluding carboxylic acids is 2. The fourth-order valence-corrected chi connectivity index (χ4v) is 7.20. The molecule has 10 nitrogen and oxygen atoms in total. The standard InChI is InChI=1S/C51H64N4O6/c1-5-6-7-8-9-10-11-12-13-14-15-16-17-18-35-52-45(56)33-23-37-19-25-40(26-20-37)47-48(41-27-21-38(22-28-41)24-34-46(57)60-51(2,3)4)54-49(53-47)42-31-29-39(30-32-42)43-36-44(50(58)59)61-55-43/h19-34,44H,5-18,35-36H2,1-4H3,(H,52,56)(H,53,54)(H,58,59)/b33-23+,34-24+. The predicted molar refractivity (Wildman–Crippen MR) is 246 cm³/mol. The van der Waals surface area contributed by atoms with Gasteiger partial charge in [0.05, 0.1) is 17.1 Å². The summed E-state index contributed by atoms with van der Waals surface area (Å²) in [5, 5.41) is 16.3. The number of imidazole rings is 1. The molecule has 0 saturated carbocycles. The van der Waals surface area contributed by atoms with Crippen molar-refractivity contribution in [1.82, 2.24) is 15.3 Å². The molecule has 3 aromatic carbocycles. The number of nitrogens with one attached hydrogen (secondary N) is 2. The van der Waals surface area contributed by atoms with Gasteiger partial charge in [-0.05, 0) is 56.0 Å². The van der Waals surface area contributed by atoms with Crippen LogP contribution in [0.5, 0.6) is 0 Å². The Morgan fingerprint density at radius 1 is 0.721 bits per heavy atom. The molecule has 0 saturated heterocycles. The fourth-order valence-electron chi connectivity index (χ4n) is 7.20. The van der Waals surface area contributed by atoms with Crippen LogP contribution in [0, 0.1) is 0 Å². The van der Waals surface area contributed by atoms with Gasteiger partial charge in [0, 0.05) is 41.8 Å². The summed E-state index contributed by atoms with van der Waals surface area (Å²) in [4.78, 5) is 49.8. The lowest BCUT2D eigenvalue weighted by molar-refractivity contribution is -0.149. The fraction of sp³-hybridized carbons (Fsp3) is 0.431. The minimum Gasteiger partial charge on any atom is -0.478 e. The molecule has 1 unspecified atom stereocenters. The van der Waals surface area contributed by atoms with Crippen molar-refractivity contribution < 1.29 is 29.1 Å². The quantitative estimate of drug-likeness (QED) is 0.0362. The highest BCUT2D eigenvalue weighted by molar-refractivity contribution is 6.03. The smallest absolute Gasteiger partial charge is 0.348 e. The van der Waals surface area contributed by atoms with E-state index in [4.69, 9.17) is 14.6 Å². The first kappa shape index (κ1) is 46.3. The summed E-state index contributed by atoms with van der Waals surface area (Å²) in [6.07, 6.45) is 24.1. The van der Waals surface area contributed by atoms with Crippen LogP contribution < -0.4 is 5.32 Å². The van der Waals surface area contributed by atoms with Gasteiger partial charge in [0.1, 0.15) is 11.4 Å². The lowest BCUT2D eigenvalue weighted by Gasteiger charge is -2.17. The highest BCUT2D eigenvalue weighted by Gasteiger charge is 2.28. The maximum absolute atomic E-state index is 12.6. The molecule has 2 heterocycles. The zero-order chi connectivity index (χ0) is 43.5. The number of oxime groups is 1. The van der Waals surface area contributed by atoms with Crippen molar-refractivity contribution in [3.05, 3.63) is 102 Å². The summed E-state index contributed by atoms with van der Waals surface area (Å²) >= 11 is 0. The number of aromatic amines is 1. The van der Waals surface area contributed by atoms with Crippen LogP contribution in [-0.2, 0) is 24.0 Å². The Balaban J connectivity index is 1.17. The van der Waals surface area contributed by atoms with Crippen LogP contribution in [-0.4, -0.2) is 56.9 Å². The Labute approximate surface area is 361 Å². The van der Waals surface area contributed by atoms with Crippen molar-refractivity contribution >= 4 is 35.7 Å². The molecule has 5 rings (SSSR count). The van der Waals surface area contributed by atoms with E-state index in [1.807, 2.05) is 99.6 Å². The maximum atomic E-state index is 12.6. The monoisotopic (exact) mass is 828 g/mol. The summed E-state index contributed by atoms with van der Waals surface area (Å²) in [5.74, 6) is -0.893. The van der Waals surface area contributed by atoms with Crippen LogP contribution >= 0.6 is 0 Å². The van der Waals surface area contributed by atoms with Gasteiger partial charge in [-0.25, -0.2) is 14.6 Å². The molecule has 1 aliphatic heterocycles. The van der Waals surface area contributed by atoms with Crippen molar-refractivity contribution in [2.45, 2.75) is 136 Å². The third-order valence-corrected chi connectivity index (χ3v) is 10.6. The highest BCUT2D eigenvalue weighted by atomic mass is 16.7. The van der Waals surface area contributed by atoms with E-state index in [0.29, 0.717) is 18.1 Å². The molecule has 3 N–H and O–H groups in total. The normalized spacial score (nSPS) is 14.0. The Kier molecular flexibility index (Phi) is 18.1. The number of carboxylic acids is 1. The second-order valence-electron chi connectivity index (χ2n) is 16.9. The van der Waals surface area contributed by atoms with Gasteiger partial charge in [-0.3, -0.25) is 4.79 Å². The van der Waals surface area contributed by atoms with E-state index in [0.717, 1.165) is 57.6 Å². The SMILES string of the molecule is CCCCCCCCCCCCCCCCNC(=O)/C=C/c1ccc(-c2nc(-c3ccc(C4=NOC(C(=O)O)C4)cc3)[nH]c2-c2ccc(/C=C/C(=O)OC(C)(C)C)cc2)cc1. The number of amides is 1. The molecule has 1 aromatic heterocycles. The van der Waals surface area contributed by atoms with Crippen molar-refractivity contribution in [3.8, 4) is 33.9 Å². The van der Waals surface area contributed by atoms with E-state index in [1.54, 1.807) is 12.2 Å². The lowest BCUT2D eigenvalue weighted by atomic mass is 10.0. The largest absolute Gasteiger partial charge is 0.478 e. The number of aliphatic carboxylic acids is 1. The van der Waals surface area contributed by atoms with Crippen LogP contribution in [0.4, 0.5) is 0 Å². The van der Waals surface area contributed by atoms with Gasteiger partial charge in [0.25, 0.3) is 0 Å². The third kappa shape index (κ3) is 15.6. The molecule has 0 fully saturated rings. The number of carboxylic acid groups (broad SMARTS) is 1. The van der Waals surface area contributed by atoms with Crippen LogP contribution in [0.2, 0.25) is 0 Å². The average Bonchev–Trinajstić information content (AvgIpc) is 3.93. The number of benzene rings is 3. The van der Waals surface area contributed by atoms with Gasteiger partial charge in [-0.15, -0.1) is 0 Å². The Hall–Kier alpha value is -5.77. The van der Waals surface area contributed by atoms with E-state index >= 15 is 0 Å². The Morgan fingerprint density at radius 3 is 1.77 bits per heavy atom. The Morgan fingerprint density at radius 2 is 1.23 bits per heavy atom. The van der Waals surface area contributed by atoms with E-state index in [-0.39, 0.29) is 12.3 Å². The first-order valence-electron chi connectivity index (χ1n) is 22.2. The minimum atomic E-state index is -1.04. The molecule has 0 bridgehead atoms. The predicted octanol–water partition coefficient (Wildman–Crippen LogP) is 12.0. The number of unbranched alkanes of at least 4 members (excludes halogenated alkanes) is 13. The molecule has 61 heavy (non-hydrogen) atoms. The highest BCUT2D eigenvalue weighted by Crippen LogP contribution is 2.34. The van der Waals surface area contributed by atoms with Gasteiger partial charge >= 0.3 is 11.9 Å². The molecule has 1 aliphatic rings. The minimum absolute atomic E-state index is 0.0948. The number of nitrogens with zero attached hydrogens (tertiary/aromatic N) is 2. The molecule has 4 aromatic rings. The van der Waals surface area contributed by atoms with Gasteiger partial charge in [0.2, 0.25) is 12.0 Å². The van der Waals surface area contributed by atoms with Crippen molar-refractivity contribution in [3.63, 3.8) is 0 Å². The van der Waals surface area contributed by atoms with E-state index < -0.39 is 23.6 Å². The number of esters is 1. The van der Waals surface area contributed by atoms with Gasteiger partial charge in [-0.2, -0.15) is 0 Å². The summed E-state index contributed by atoms with van der Waals surface area (Å²) in [5.41, 5.74) is 6.71. The van der Waals surface area contributed by atoms with E-state index in [1.165, 1.54) is 83.1 Å². The first-order chi connectivity index (χ1) is 29.5. The molecule has 1 amide bonds. The average molecular weight is 829 g/mol. The number of hydrogen-bond donors (Lipinski definition) is 3. The number of H-pyrrole nitrogens is 1. The number of ether oxygens (including phenoxy) is 1. The zero-order valence-corrected chi connectivity index (χ0v) is 36.5. The number of rotatable bonds is 24. The molecule has 324 valence electrons. The molecular weight excluding hydrogens is 765 g/mol. The molecule has 0 spiro atoms. The van der Waals surface area contributed by atoms with Gasteiger partial charge < -0.3 is 25.0 Å². The van der Waals surface area contributed by atoms with Crippen LogP contribution in [0.25, 0.3) is 46.1 Å². The molecule has 0 aliphatic carbocycles. The van der Waals surface area contributed by atoms with Crippen LogP contribution in [0.3, 0.4) is 0 Å². The van der Waals surface area contributed by atoms with Crippen molar-refractivity contribution in [2.75, 3.05) is 6.54 Å². The van der Waals surface area contributed by atoms with Gasteiger partial charge in [0.15, 0.2) is 0 Å². The molecule has 0 radical (unpaired) electrons. The van der Waals surface area contributed by atoms with E-state index in [2.05, 4.69) is 22.4 Å². The zero-order valence-electron chi connectivity index (χ0n) is 36.5. The summed E-state index contributed by atoms with van der Waals surface area (Å²) < 4.78 is 5.40. The molecule has 10 heteroatoms. The summed E-state index contributed by atoms with van der Waals surface area (Å²) in [7, 11) is 0. The van der Waals surface area contributed by atoms with Crippen LogP contribution in [0.1, 0.15) is 141 Å². The number of aromatic nitrogens is 2. The van der Waals surface area contributed by atoms with E-state index in [9.17, 15) is 19.5 Å². The van der Waals surface area contributed by atoms with Crippen molar-refractivity contribution in [2.24, 2.45) is 5.16 Å². The topological polar surface area (TPSA) is 143 Å². The molecule has 1 atom stereocenters. The van der Waals surface area contributed by atoms with Crippen molar-refractivity contribution in [1.29, 1.82) is 0 Å². The second kappa shape index (κ2) is 23.9. The maximum Gasteiger partial charge on any atom is 0.348 e. The lowest BCUT2D eigenvalue weighted by Crippen LogP contribution is -2.22. The third-order valence-electron chi connectivity index (χ3n) is 10.6. The number of hydrogen-bond acceptors (Lipinski definition) is 7.